The van der Waals surface area contributed by atoms with Crippen LogP contribution in [0, 0.1) is 5.82 Å². The van der Waals surface area contributed by atoms with Crippen molar-refractivity contribution in [1.29, 1.82) is 0 Å². The molecule has 0 aromatic heterocycles. The second-order valence-corrected chi connectivity index (χ2v) is 5.12. The zero-order chi connectivity index (χ0) is 10.2. The van der Waals surface area contributed by atoms with Gasteiger partial charge in [0.2, 0.25) is 0 Å². The molecule has 0 bridgehead atoms. The molecule has 1 saturated heterocycles. The Bertz CT molecular complexity index is 342. The van der Waals surface area contributed by atoms with Gasteiger partial charge in [0.15, 0.2) is 0 Å². The lowest BCUT2D eigenvalue weighted by Crippen LogP contribution is -2.32. The van der Waals surface area contributed by atoms with Crippen molar-refractivity contribution in [2.24, 2.45) is 0 Å². The first-order valence-electron chi connectivity index (χ1n) is 4.73. The summed E-state index contributed by atoms with van der Waals surface area (Å²) in [5, 5.41) is 10.4. The minimum Gasteiger partial charge on any atom is -0.384 e. The molecule has 0 spiro atoms. The number of benzene rings is 1. The Balaban J connectivity index is 2.43. The van der Waals surface area contributed by atoms with Crippen LogP contribution < -0.4 is 0 Å². The maximum Gasteiger partial charge on any atom is 0.129 e. The smallest absolute Gasteiger partial charge is 0.129 e. The van der Waals surface area contributed by atoms with E-state index in [0.717, 1.165) is 5.75 Å². The molecule has 1 heterocycles. The Morgan fingerprint density at radius 2 is 2.21 bits per heavy atom. The van der Waals surface area contributed by atoms with E-state index in [-0.39, 0.29) is 11.1 Å². The summed E-state index contributed by atoms with van der Waals surface area (Å²) < 4.78 is 13.5. The first-order chi connectivity index (χ1) is 6.64. The van der Waals surface area contributed by atoms with Gasteiger partial charge in [0, 0.05) is 10.8 Å². The first-order valence-corrected chi connectivity index (χ1v) is 5.78. The molecule has 2 atom stereocenters. The maximum atomic E-state index is 13.5. The summed E-state index contributed by atoms with van der Waals surface area (Å²) in [6, 6.07) is 6.50. The number of rotatable bonds is 1. The number of thioether (sulfide) groups is 1. The highest BCUT2D eigenvalue weighted by atomic mass is 32.2. The fourth-order valence-corrected chi connectivity index (χ4v) is 3.20. The van der Waals surface area contributed by atoms with E-state index in [0.29, 0.717) is 12.0 Å². The normalized spacial score (nSPS) is 32.1. The average Bonchev–Trinajstić information content (AvgIpc) is 2.49. The van der Waals surface area contributed by atoms with E-state index in [9.17, 15) is 9.50 Å². The van der Waals surface area contributed by atoms with Crippen LogP contribution in [-0.4, -0.2) is 16.1 Å². The Hall–Kier alpha value is -0.540. The van der Waals surface area contributed by atoms with Crippen LogP contribution in [-0.2, 0) is 5.60 Å². The molecule has 76 valence electrons. The molecule has 1 aromatic rings. The van der Waals surface area contributed by atoms with E-state index >= 15 is 0 Å². The van der Waals surface area contributed by atoms with Crippen molar-refractivity contribution in [2.75, 3.05) is 5.75 Å². The largest absolute Gasteiger partial charge is 0.384 e. The monoisotopic (exact) mass is 212 g/mol. The van der Waals surface area contributed by atoms with E-state index in [1.54, 1.807) is 30.0 Å². The van der Waals surface area contributed by atoms with Gasteiger partial charge in [-0.25, -0.2) is 4.39 Å². The van der Waals surface area contributed by atoms with Crippen molar-refractivity contribution >= 4 is 11.8 Å². The fourth-order valence-electron chi connectivity index (χ4n) is 1.90. The zero-order valence-electron chi connectivity index (χ0n) is 8.03. The maximum absolute atomic E-state index is 13.5. The molecule has 1 N–H and O–H groups in total. The molecular weight excluding hydrogens is 199 g/mol. The molecule has 3 heteroatoms. The van der Waals surface area contributed by atoms with Crippen LogP contribution in [0.5, 0.6) is 0 Å². The Labute approximate surface area is 87.3 Å². The molecule has 14 heavy (non-hydrogen) atoms. The highest BCUT2D eigenvalue weighted by Crippen LogP contribution is 2.43. The molecule has 0 amide bonds. The van der Waals surface area contributed by atoms with E-state index < -0.39 is 5.60 Å². The number of hydrogen-bond donors (Lipinski definition) is 1. The molecular formula is C11H13FOS. The van der Waals surface area contributed by atoms with Gasteiger partial charge in [-0.3, -0.25) is 0 Å². The van der Waals surface area contributed by atoms with Gasteiger partial charge in [0.05, 0.1) is 0 Å². The average molecular weight is 212 g/mol. The van der Waals surface area contributed by atoms with Crippen LogP contribution in [0.1, 0.15) is 18.9 Å². The van der Waals surface area contributed by atoms with Crippen LogP contribution in [0.4, 0.5) is 4.39 Å². The molecule has 1 aliphatic heterocycles. The summed E-state index contributed by atoms with van der Waals surface area (Å²) in [4.78, 5) is 0. The summed E-state index contributed by atoms with van der Waals surface area (Å²) in [6.45, 7) is 1.95. The second-order valence-electron chi connectivity index (χ2n) is 3.67. The van der Waals surface area contributed by atoms with Crippen LogP contribution in [0.3, 0.4) is 0 Å². The van der Waals surface area contributed by atoms with Gasteiger partial charge in [0.25, 0.3) is 0 Å². The number of aliphatic hydroxyl groups is 1. The van der Waals surface area contributed by atoms with Crippen molar-refractivity contribution in [3.05, 3.63) is 35.6 Å². The van der Waals surface area contributed by atoms with Gasteiger partial charge >= 0.3 is 0 Å². The molecule has 0 radical (unpaired) electrons. The van der Waals surface area contributed by atoms with Crippen molar-refractivity contribution < 1.29 is 9.50 Å². The van der Waals surface area contributed by atoms with Crippen molar-refractivity contribution in [2.45, 2.75) is 24.2 Å². The third-order valence-corrected chi connectivity index (χ3v) is 4.19. The topological polar surface area (TPSA) is 20.2 Å². The molecule has 1 nitrogen and oxygen atoms in total. The molecule has 1 aliphatic rings. The SMILES string of the molecule is C[C@@H]1SCC[C@@]1(O)c1ccccc1F. The lowest BCUT2D eigenvalue weighted by atomic mass is 9.88. The van der Waals surface area contributed by atoms with Crippen LogP contribution >= 0.6 is 11.8 Å². The molecule has 1 fully saturated rings. The minimum atomic E-state index is -0.976. The Morgan fingerprint density at radius 3 is 2.79 bits per heavy atom. The summed E-state index contributed by atoms with van der Waals surface area (Å²) in [6.07, 6.45) is 0.639. The molecule has 0 unspecified atom stereocenters. The minimum absolute atomic E-state index is 0.0689. The number of halogens is 1. The van der Waals surface area contributed by atoms with Crippen LogP contribution in [0.2, 0.25) is 0 Å². The number of hydrogen-bond acceptors (Lipinski definition) is 2. The predicted octanol–water partition coefficient (Wildman–Crippen LogP) is 2.54. The van der Waals surface area contributed by atoms with Crippen molar-refractivity contribution in [3.63, 3.8) is 0 Å². The first kappa shape index (κ1) is 9.99. The predicted molar refractivity (Wildman–Crippen MR) is 56.8 cm³/mol. The van der Waals surface area contributed by atoms with Gasteiger partial charge in [-0.1, -0.05) is 25.1 Å². The molecule has 0 saturated carbocycles. The lowest BCUT2D eigenvalue weighted by Gasteiger charge is -2.27. The van der Waals surface area contributed by atoms with Gasteiger partial charge in [-0.05, 0) is 18.2 Å². The quantitative estimate of drug-likeness (QED) is 0.772. The van der Waals surface area contributed by atoms with E-state index in [2.05, 4.69) is 0 Å². The summed E-state index contributed by atoms with van der Waals surface area (Å²) >= 11 is 1.69. The Kier molecular flexibility index (Phi) is 2.54. The third-order valence-electron chi connectivity index (χ3n) is 2.86. The fraction of sp³-hybridized carbons (Fsp3) is 0.455. The van der Waals surface area contributed by atoms with Gasteiger partial charge < -0.3 is 5.11 Å². The van der Waals surface area contributed by atoms with E-state index in [4.69, 9.17) is 0 Å². The summed E-state index contributed by atoms with van der Waals surface area (Å²) in [7, 11) is 0. The van der Waals surface area contributed by atoms with Crippen LogP contribution in [0.25, 0.3) is 0 Å². The van der Waals surface area contributed by atoms with Crippen molar-refractivity contribution in [1.82, 2.24) is 0 Å². The van der Waals surface area contributed by atoms with Gasteiger partial charge in [0.1, 0.15) is 11.4 Å². The van der Waals surface area contributed by atoms with Crippen molar-refractivity contribution in [3.8, 4) is 0 Å². The summed E-state index contributed by atoms with van der Waals surface area (Å²) in [5.41, 5.74) is -0.534. The summed E-state index contributed by atoms with van der Waals surface area (Å²) in [5.74, 6) is 0.593. The highest BCUT2D eigenvalue weighted by molar-refractivity contribution is 8.00. The molecule has 1 aromatic carbocycles. The second kappa shape index (κ2) is 3.55. The van der Waals surface area contributed by atoms with Gasteiger partial charge in [-0.15, -0.1) is 0 Å². The van der Waals surface area contributed by atoms with E-state index in [1.807, 2.05) is 6.92 Å². The van der Waals surface area contributed by atoms with Gasteiger partial charge in [-0.2, -0.15) is 11.8 Å². The Morgan fingerprint density at radius 1 is 1.50 bits per heavy atom. The zero-order valence-corrected chi connectivity index (χ0v) is 8.85. The van der Waals surface area contributed by atoms with E-state index in [1.165, 1.54) is 6.07 Å². The molecule has 0 aliphatic carbocycles. The lowest BCUT2D eigenvalue weighted by molar-refractivity contribution is 0.0390. The highest BCUT2D eigenvalue weighted by Gasteiger charge is 2.41. The standard InChI is InChI=1S/C11H13FOS/c1-8-11(13,6-7-14-8)9-4-2-3-5-10(9)12/h2-5,8,13H,6-7H2,1H3/t8-,11-/m0/s1. The van der Waals surface area contributed by atoms with Crippen LogP contribution in [0.15, 0.2) is 24.3 Å². The third kappa shape index (κ3) is 1.44. The molecule has 2 rings (SSSR count).